The van der Waals surface area contributed by atoms with Crippen LogP contribution >= 0.6 is 0 Å². The van der Waals surface area contributed by atoms with Gasteiger partial charge in [0.15, 0.2) is 0 Å². The van der Waals surface area contributed by atoms with Crippen molar-refractivity contribution in [1.29, 1.82) is 0 Å². The number of hydrogen-bond donors (Lipinski definition) is 0. The summed E-state index contributed by atoms with van der Waals surface area (Å²) in [7, 11) is 0. The van der Waals surface area contributed by atoms with Crippen LogP contribution in [0.4, 0.5) is 0 Å². The Morgan fingerprint density at radius 1 is 1.17 bits per heavy atom. The maximum Gasteiger partial charge on any atom is 0.00954 e. The van der Waals surface area contributed by atoms with Gasteiger partial charge in [0.25, 0.3) is 0 Å². The van der Waals surface area contributed by atoms with E-state index in [0.717, 1.165) is 6.04 Å². The third kappa shape index (κ3) is 1.66. The SMILES string of the molecule is CC1(C)CCN(C2CCCC2)C1. The van der Waals surface area contributed by atoms with E-state index in [1.54, 1.807) is 0 Å². The molecule has 70 valence electrons. The molecule has 0 N–H and O–H groups in total. The minimum atomic E-state index is 0.600. The van der Waals surface area contributed by atoms with Gasteiger partial charge in [0.1, 0.15) is 0 Å². The fraction of sp³-hybridized carbons (Fsp3) is 1.00. The molecule has 0 amide bonds. The summed E-state index contributed by atoms with van der Waals surface area (Å²) in [6.45, 7) is 7.51. The molecule has 0 unspecified atom stereocenters. The summed E-state index contributed by atoms with van der Waals surface area (Å²) >= 11 is 0. The van der Waals surface area contributed by atoms with Gasteiger partial charge in [0.05, 0.1) is 0 Å². The maximum absolute atomic E-state index is 2.73. The van der Waals surface area contributed by atoms with E-state index in [0.29, 0.717) is 5.41 Å². The molecule has 1 aliphatic carbocycles. The minimum absolute atomic E-state index is 0.600. The van der Waals surface area contributed by atoms with Gasteiger partial charge in [0, 0.05) is 12.6 Å². The van der Waals surface area contributed by atoms with Gasteiger partial charge < -0.3 is 0 Å². The van der Waals surface area contributed by atoms with E-state index in [4.69, 9.17) is 0 Å². The molecule has 1 aliphatic heterocycles. The highest BCUT2D eigenvalue weighted by molar-refractivity contribution is 4.88. The molecule has 12 heavy (non-hydrogen) atoms. The van der Waals surface area contributed by atoms with Crippen LogP contribution in [-0.2, 0) is 0 Å². The Labute approximate surface area is 76.1 Å². The lowest BCUT2D eigenvalue weighted by Crippen LogP contribution is -2.32. The summed E-state index contributed by atoms with van der Waals surface area (Å²) in [5.74, 6) is 0. The molecule has 1 saturated carbocycles. The molecule has 1 heterocycles. The first-order valence-corrected chi connectivity index (χ1v) is 5.41. The Kier molecular flexibility index (Phi) is 2.16. The van der Waals surface area contributed by atoms with Crippen molar-refractivity contribution in [3.05, 3.63) is 0 Å². The summed E-state index contributed by atoms with van der Waals surface area (Å²) in [6.07, 6.45) is 7.29. The molecule has 0 aromatic carbocycles. The topological polar surface area (TPSA) is 3.24 Å². The van der Waals surface area contributed by atoms with Crippen LogP contribution in [0.25, 0.3) is 0 Å². The second kappa shape index (κ2) is 3.02. The maximum atomic E-state index is 2.73. The largest absolute Gasteiger partial charge is 0.300 e. The molecule has 0 spiro atoms. The molecule has 0 aromatic rings. The van der Waals surface area contributed by atoms with Gasteiger partial charge in [-0.15, -0.1) is 0 Å². The Morgan fingerprint density at radius 2 is 1.83 bits per heavy atom. The van der Waals surface area contributed by atoms with Crippen LogP contribution in [0, 0.1) is 5.41 Å². The molecular formula is C11H21N. The van der Waals surface area contributed by atoms with E-state index in [1.165, 1.54) is 45.2 Å². The summed E-state index contributed by atoms with van der Waals surface area (Å²) in [4.78, 5) is 2.73. The molecular weight excluding hydrogens is 146 g/mol. The smallest absolute Gasteiger partial charge is 0.00954 e. The van der Waals surface area contributed by atoms with Gasteiger partial charge in [-0.2, -0.15) is 0 Å². The lowest BCUT2D eigenvalue weighted by atomic mass is 9.93. The number of likely N-dealkylation sites (tertiary alicyclic amines) is 1. The lowest BCUT2D eigenvalue weighted by molar-refractivity contribution is 0.220. The first kappa shape index (κ1) is 8.55. The van der Waals surface area contributed by atoms with E-state index < -0.39 is 0 Å². The first-order valence-electron chi connectivity index (χ1n) is 5.41. The highest BCUT2D eigenvalue weighted by atomic mass is 15.2. The summed E-state index contributed by atoms with van der Waals surface area (Å²) in [6, 6.07) is 0.951. The van der Waals surface area contributed by atoms with Gasteiger partial charge in [-0.3, -0.25) is 4.90 Å². The van der Waals surface area contributed by atoms with Crippen LogP contribution in [0.3, 0.4) is 0 Å². The van der Waals surface area contributed by atoms with E-state index in [-0.39, 0.29) is 0 Å². The highest BCUT2D eigenvalue weighted by Crippen LogP contribution is 2.34. The minimum Gasteiger partial charge on any atom is -0.300 e. The van der Waals surface area contributed by atoms with Gasteiger partial charge >= 0.3 is 0 Å². The molecule has 0 atom stereocenters. The van der Waals surface area contributed by atoms with Gasteiger partial charge in [0.2, 0.25) is 0 Å². The van der Waals surface area contributed by atoms with Crippen molar-refractivity contribution in [1.82, 2.24) is 4.90 Å². The van der Waals surface area contributed by atoms with E-state index in [2.05, 4.69) is 18.7 Å². The Bertz CT molecular complexity index is 156. The zero-order valence-corrected chi connectivity index (χ0v) is 8.47. The molecule has 1 nitrogen and oxygen atoms in total. The molecule has 2 aliphatic rings. The predicted molar refractivity (Wildman–Crippen MR) is 52.2 cm³/mol. The van der Waals surface area contributed by atoms with E-state index in [1.807, 2.05) is 0 Å². The Balaban J connectivity index is 1.90. The third-order valence-corrected chi connectivity index (χ3v) is 3.55. The Morgan fingerprint density at radius 3 is 2.33 bits per heavy atom. The average Bonchev–Trinajstić information content (AvgIpc) is 2.55. The zero-order valence-electron chi connectivity index (χ0n) is 8.47. The van der Waals surface area contributed by atoms with Crippen LogP contribution in [0.2, 0.25) is 0 Å². The molecule has 1 saturated heterocycles. The number of hydrogen-bond acceptors (Lipinski definition) is 1. The van der Waals surface area contributed by atoms with Crippen molar-refractivity contribution in [2.45, 2.75) is 52.0 Å². The van der Waals surface area contributed by atoms with Crippen molar-refractivity contribution >= 4 is 0 Å². The summed E-state index contributed by atoms with van der Waals surface area (Å²) in [5, 5.41) is 0. The normalized spacial score (nSPS) is 31.5. The highest BCUT2D eigenvalue weighted by Gasteiger charge is 2.33. The van der Waals surface area contributed by atoms with E-state index >= 15 is 0 Å². The van der Waals surface area contributed by atoms with Crippen molar-refractivity contribution in [2.24, 2.45) is 5.41 Å². The zero-order chi connectivity index (χ0) is 8.60. The van der Waals surface area contributed by atoms with Crippen molar-refractivity contribution in [2.75, 3.05) is 13.1 Å². The third-order valence-electron chi connectivity index (χ3n) is 3.55. The predicted octanol–water partition coefficient (Wildman–Crippen LogP) is 2.66. The lowest BCUT2D eigenvalue weighted by Gasteiger charge is -2.25. The Hall–Kier alpha value is -0.0400. The number of nitrogens with zero attached hydrogens (tertiary/aromatic N) is 1. The average molecular weight is 167 g/mol. The van der Waals surface area contributed by atoms with Crippen LogP contribution < -0.4 is 0 Å². The molecule has 2 rings (SSSR count). The van der Waals surface area contributed by atoms with Crippen LogP contribution in [0.15, 0.2) is 0 Å². The second-order valence-corrected chi connectivity index (χ2v) is 5.32. The van der Waals surface area contributed by atoms with Crippen molar-refractivity contribution < 1.29 is 0 Å². The van der Waals surface area contributed by atoms with Crippen molar-refractivity contribution in [3.8, 4) is 0 Å². The monoisotopic (exact) mass is 167 g/mol. The standard InChI is InChI=1S/C11H21N/c1-11(2)7-8-12(9-11)10-5-3-4-6-10/h10H,3-9H2,1-2H3. The fourth-order valence-corrected chi connectivity index (χ4v) is 2.74. The quantitative estimate of drug-likeness (QED) is 0.580. The number of rotatable bonds is 1. The summed E-state index contributed by atoms with van der Waals surface area (Å²) in [5.41, 5.74) is 0.600. The van der Waals surface area contributed by atoms with Crippen LogP contribution in [-0.4, -0.2) is 24.0 Å². The second-order valence-electron chi connectivity index (χ2n) is 5.32. The van der Waals surface area contributed by atoms with Gasteiger partial charge in [-0.25, -0.2) is 0 Å². The van der Waals surface area contributed by atoms with Crippen LogP contribution in [0.1, 0.15) is 46.0 Å². The fourth-order valence-electron chi connectivity index (χ4n) is 2.74. The molecule has 1 heteroatoms. The van der Waals surface area contributed by atoms with Gasteiger partial charge in [-0.1, -0.05) is 26.7 Å². The summed E-state index contributed by atoms with van der Waals surface area (Å²) < 4.78 is 0. The van der Waals surface area contributed by atoms with Crippen molar-refractivity contribution in [3.63, 3.8) is 0 Å². The first-order chi connectivity index (χ1) is 5.67. The van der Waals surface area contributed by atoms with E-state index in [9.17, 15) is 0 Å². The molecule has 0 bridgehead atoms. The van der Waals surface area contributed by atoms with Gasteiger partial charge in [-0.05, 0) is 31.2 Å². The van der Waals surface area contributed by atoms with Crippen LogP contribution in [0.5, 0.6) is 0 Å². The molecule has 0 radical (unpaired) electrons. The molecule has 2 fully saturated rings. The molecule has 0 aromatic heterocycles.